The molecule has 1 aliphatic heterocycles. The number of allylic oxidation sites excluding steroid dienone is 1. The van der Waals surface area contributed by atoms with Crippen molar-refractivity contribution in [3.05, 3.63) is 12.2 Å². The van der Waals surface area contributed by atoms with Crippen molar-refractivity contribution < 1.29 is 62.1 Å². The Morgan fingerprint density at radius 3 is 2.67 bits per heavy atom. The normalized spacial score (nSPS) is 16.1. The zero-order chi connectivity index (χ0) is 19.6. The molecular weight excluding hydrogens is 383 g/mol. The summed E-state index contributed by atoms with van der Waals surface area (Å²) in [4.78, 5) is 14.3. The van der Waals surface area contributed by atoms with Gasteiger partial charge in [-0.2, -0.15) is 0 Å². The van der Waals surface area contributed by atoms with E-state index >= 15 is 0 Å². The molecule has 0 amide bonds. The number of nitrogens with zero attached hydrogens (tertiary/aromatic N) is 2. The molecule has 1 unspecified atom stereocenters. The number of carbonyl (C=O) groups is 1. The summed E-state index contributed by atoms with van der Waals surface area (Å²) in [5.74, 6) is -0.812. The first-order chi connectivity index (χ1) is 12.3. The number of aliphatic hydroxyl groups excluding tert-OH is 2. The predicted octanol–water partition coefficient (Wildman–Crippen LogP) is -3.29. The molecule has 0 spiro atoms. The van der Waals surface area contributed by atoms with E-state index in [-0.39, 0.29) is 55.0 Å². The predicted molar refractivity (Wildman–Crippen MR) is 97.1 cm³/mol. The molecule has 150 valence electrons. The maximum atomic E-state index is 12.5. The van der Waals surface area contributed by atoms with Crippen molar-refractivity contribution in [2.75, 3.05) is 38.5 Å². The summed E-state index contributed by atoms with van der Waals surface area (Å²) in [6.07, 6.45) is 7.17. The monoisotopic (exact) mass is 413 g/mol. The fourth-order valence-electron chi connectivity index (χ4n) is 2.98. The zero-order valence-corrected chi connectivity index (χ0v) is 19.2. The van der Waals surface area contributed by atoms with Gasteiger partial charge in [0.25, 0.3) is 5.78 Å². The second-order valence-electron chi connectivity index (χ2n) is 6.47. The van der Waals surface area contributed by atoms with Gasteiger partial charge in [0.05, 0.1) is 22.5 Å². The Labute approximate surface area is 184 Å². The van der Waals surface area contributed by atoms with Crippen LogP contribution in [0.2, 0.25) is 0 Å². The smallest absolute Gasteiger partial charge is 0.748 e. The molecule has 1 aliphatic rings. The van der Waals surface area contributed by atoms with Crippen LogP contribution in [0.4, 0.5) is 0 Å². The van der Waals surface area contributed by atoms with Gasteiger partial charge >= 0.3 is 35.4 Å². The minimum atomic E-state index is -4.54. The molecule has 8 nitrogen and oxygen atoms in total. The van der Waals surface area contributed by atoms with Gasteiger partial charge < -0.3 is 14.8 Å². The van der Waals surface area contributed by atoms with Gasteiger partial charge in [-0.25, -0.2) is 8.42 Å². The van der Waals surface area contributed by atoms with E-state index in [0.29, 0.717) is 18.9 Å². The molecule has 1 atom stereocenters. The fourth-order valence-corrected chi connectivity index (χ4v) is 3.55. The van der Waals surface area contributed by atoms with E-state index in [1.807, 2.05) is 6.08 Å². The van der Waals surface area contributed by atoms with Crippen molar-refractivity contribution in [3.63, 3.8) is 0 Å². The molecule has 0 saturated heterocycles. The number of aliphatic hydroxyl groups is 2. The Hall–Kier alpha value is -0.290. The van der Waals surface area contributed by atoms with E-state index in [2.05, 4.69) is 6.92 Å². The number of β-amino-alcohol motifs (C(OH)–C–C–N with tert-alkyl or cyclic N) is 2. The molecule has 27 heavy (non-hydrogen) atoms. The molecule has 1 rings (SSSR count). The Balaban J connectivity index is 0.00000676. The van der Waals surface area contributed by atoms with Gasteiger partial charge in [0.2, 0.25) is 0 Å². The summed E-state index contributed by atoms with van der Waals surface area (Å²) >= 11 is 0. The zero-order valence-electron chi connectivity index (χ0n) is 16.3. The van der Waals surface area contributed by atoms with Crippen LogP contribution in [0.1, 0.15) is 39.0 Å². The third kappa shape index (κ3) is 10.7. The van der Waals surface area contributed by atoms with Crippen LogP contribution < -0.4 is 29.6 Å². The quantitative estimate of drug-likeness (QED) is 0.107. The van der Waals surface area contributed by atoms with E-state index in [4.69, 9.17) is 0 Å². The SMILES string of the molecule is CCCCCC/C=C/C(=O)C1=[N+](CC(O)CS(=O)(=O)[O-])CCN1CCO.[Na+]. The van der Waals surface area contributed by atoms with Crippen molar-refractivity contribution in [2.24, 2.45) is 0 Å². The molecular formula is C17H30N2NaO6S+. The molecule has 0 bridgehead atoms. The number of amidine groups is 1. The van der Waals surface area contributed by atoms with E-state index in [1.165, 1.54) is 6.08 Å². The van der Waals surface area contributed by atoms with E-state index in [0.717, 1.165) is 32.1 Å². The number of unbranched alkanes of at least 4 members (excludes halogenated alkanes) is 4. The van der Waals surface area contributed by atoms with Crippen LogP contribution in [0, 0.1) is 0 Å². The van der Waals surface area contributed by atoms with Gasteiger partial charge in [0, 0.05) is 0 Å². The third-order valence-electron chi connectivity index (χ3n) is 4.15. The summed E-state index contributed by atoms with van der Waals surface area (Å²) in [6, 6.07) is 0. The summed E-state index contributed by atoms with van der Waals surface area (Å²) in [5, 5.41) is 19.0. The average molecular weight is 413 g/mol. The van der Waals surface area contributed by atoms with Crippen molar-refractivity contribution in [2.45, 2.75) is 45.1 Å². The first kappa shape index (κ1) is 26.7. The molecule has 0 saturated carbocycles. The molecule has 0 aromatic rings. The van der Waals surface area contributed by atoms with Gasteiger partial charge in [0.15, 0.2) is 0 Å². The third-order valence-corrected chi connectivity index (χ3v) is 4.94. The number of carbonyl (C=O) groups excluding carboxylic acids is 1. The minimum Gasteiger partial charge on any atom is -0.748 e. The largest absolute Gasteiger partial charge is 1.00 e. The number of hydrogen-bond donors (Lipinski definition) is 2. The van der Waals surface area contributed by atoms with Crippen molar-refractivity contribution >= 4 is 21.7 Å². The molecule has 10 heteroatoms. The second kappa shape index (κ2) is 13.8. The van der Waals surface area contributed by atoms with E-state index in [1.54, 1.807) is 9.48 Å². The Morgan fingerprint density at radius 2 is 2.07 bits per heavy atom. The molecule has 0 aliphatic carbocycles. The van der Waals surface area contributed by atoms with Gasteiger partial charge in [-0.05, 0) is 18.9 Å². The molecule has 2 N–H and O–H groups in total. The summed E-state index contributed by atoms with van der Waals surface area (Å²) < 4.78 is 33.9. The van der Waals surface area contributed by atoms with Crippen LogP contribution in [0.3, 0.4) is 0 Å². The van der Waals surface area contributed by atoms with Crippen LogP contribution in [-0.2, 0) is 14.9 Å². The Bertz CT molecular complexity index is 621. The van der Waals surface area contributed by atoms with Crippen molar-refractivity contribution in [3.8, 4) is 0 Å². The number of ketones is 1. The Kier molecular flexibility index (Phi) is 13.7. The van der Waals surface area contributed by atoms with Crippen LogP contribution in [0.5, 0.6) is 0 Å². The average Bonchev–Trinajstić information content (AvgIpc) is 2.91. The molecule has 0 radical (unpaired) electrons. The van der Waals surface area contributed by atoms with Crippen molar-refractivity contribution in [1.29, 1.82) is 0 Å². The number of rotatable bonds is 13. The molecule has 0 fully saturated rings. The topological polar surface area (TPSA) is 121 Å². The van der Waals surface area contributed by atoms with Gasteiger partial charge in [-0.15, -0.1) is 0 Å². The van der Waals surface area contributed by atoms with Crippen LogP contribution >= 0.6 is 0 Å². The summed E-state index contributed by atoms with van der Waals surface area (Å²) in [6.45, 7) is 3.08. The van der Waals surface area contributed by atoms with Crippen LogP contribution in [0.25, 0.3) is 0 Å². The van der Waals surface area contributed by atoms with Crippen LogP contribution in [0.15, 0.2) is 12.2 Å². The minimum absolute atomic E-state index is 0. The summed E-state index contributed by atoms with van der Waals surface area (Å²) in [7, 11) is -4.54. The molecule has 0 aromatic carbocycles. The van der Waals surface area contributed by atoms with E-state index < -0.39 is 22.0 Å². The number of hydrogen-bond acceptors (Lipinski definition) is 7. The molecule has 0 aromatic heterocycles. The van der Waals surface area contributed by atoms with Crippen molar-refractivity contribution in [1.82, 2.24) is 4.90 Å². The maximum absolute atomic E-state index is 12.5. The first-order valence-corrected chi connectivity index (χ1v) is 10.7. The second-order valence-corrected chi connectivity index (χ2v) is 7.92. The molecule has 1 heterocycles. The van der Waals surface area contributed by atoms with Gasteiger partial charge in [-0.1, -0.05) is 32.3 Å². The van der Waals surface area contributed by atoms with Gasteiger partial charge in [-0.3, -0.25) is 14.3 Å². The van der Waals surface area contributed by atoms with E-state index in [9.17, 15) is 28.0 Å². The first-order valence-electron chi connectivity index (χ1n) is 9.08. The van der Waals surface area contributed by atoms with Crippen LogP contribution in [-0.4, -0.2) is 88.9 Å². The van der Waals surface area contributed by atoms with Gasteiger partial charge in [0.1, 0.15) is 32.3 Å². The standard InChI is InChI=1S/C17H30N2O6S.Na/c1-2-3-4-5-6-7-8-16(22)17-18(11-12-20)9-10-19(17)13-15(21)14-26(23,24)25;/h7-8,15,20-21H,2-6,9-14H2,1H3;/q;+1/b8-7+;. The fraction of sp³-hybridized carbons (Fsp3) is 0.765. The summed E-state index contributed by atoms with van der Waals surface area (Å²) in [5.41, 5.74) is 0. The Morgan fingerprint density at radius 1 is 1.37 bits per heavy atom. The maximum Gasteiger partial charge on any atom is 1.00 e.